The lowest BCUT2D eigenvalue weighted by Gasteiger charge is -2.27. The molecule has 44 heavy (non-hydrogen) atoms. The second-order valence-corrected chi connectivity index (χ2v) is 10.9. The Balaban J connectivity index is 1.43. The molecular formula is C37H29N3O4. The van der Waals surface area contributed by atoms with E-state index in [1.54, 1.807) is 30.3 Å². The average Bonchev–Trinajstić information content (AvgIpc) is 3.35. The molecule has 1 fully saturated rings. The number of pyridine rings is 1. The minimum Gasteiger partial charge on any atom is -0.378 e. The minimum atomic E-state index is -0.253. The summed E-state index contributed by atoms with van der Waals surface area (Å²) in [4.78, 5) is 47.9. The second-order valence-electron chi connectivity index (χ2n) is 10.9. The van der Waals surface area contributed by atoms with Crippen LogP contribution in [-0.4, -0.2) is 53.8 Å². The lowest BCUT2D eigenvalue weighted by atomic mass is 9.91. The molecule has 0 spiro atoms. The van der Waals surface area contributed by atoms with Gasteiger partial charge in [-0.2, -0.15) is 0 Å². The molecule has 5 aromatic rings. The highest BCUT2D eigenvalue weighted by Gasteiger charge is 2.34. The van der Waals surface area contributed by atoms with E-state index in [0.717, 1.165) is 27.6 Å². The van der Waals surface area contributed by atoms with E-state index in [4.69, 9.17) is 9.72 Å². The number of allylic oxidation sites excluding steroid dienone is 1. The molecule has 0 atom stereocenters. The van der Waals surface area contributed by atoms with Gasteiger partial charge in [0.1, 0.15) is 0 Å². The van der Waals surface area contributed by atoms with Crippen molar-refractivity contribution in [2.45, 2.75) is 6.92 Å². The van der Waals surface area contributed by atoms with Crippen LogP contribution >= 0.6 is 0 Å². The van der Waals surface area contributed by atoms with Crippen LogP contribution in [0, 0.1) is 0 Å². The Morgan fingerprint density at radius 1 is 0.773 bits per heavy atom. The number of anilines is 1. The van der Waals surface area contributed by atoms with Gasteiger partial charge in [-0.15, -0.1) is 0 Å². The Morgan fingerprint density at radius 2 is 1.45 bits per heavy atom. The smallest absolute Gasteiger partial charge is 0.254 e. The van der Waals surface area contributed by atoms with Crippen LogP contribution in [0.15, 0.2) is 109 Å². The predicted octanol–water partition coefficient (Wildman–Crippen LogP) is 6.63. The fraction of sp³-hybridized carbons (Fsp3) is 0.135. The van der Waals surface area contributed by atoms with Gasteiger partial charge >= 0.3 is 0 Å². The van der Waals surface area contributed by atoms with Gasteiger partial charge in [0.05, 0.1) is 35.8 Å². The number of morpholine rings is 1. The summed E-state index contributed by atoms with van der Waals surface area (Å²) in [6.07, 6.45) is 1.69. The number of hydrogen-bond donors (Lipinski definition) is 0. The third-order valence-electron chi connectivity index (χ3n) is 8.14. The largest absolute Gasteiger partial charge is 0.378 e. The van der Waals surface area contributed by atoms with Crippen molar-refractivity contribution < 1.29 is 19.1 Å². The van der Waals surface area contributed by atoms with Crippen LogP contribution in [0.25, 0.3) is 39.2 Å². The molecule has 0 N–H and O–H groups in total. The summed E-state index contributed by atoms with van der Waals surface area (Å²) in [5.41, 5.74) is 7.01. The molecule has 1 aromatic heterocycles. The summed E-state index contributed by atoms with van der Waals surface area (Å²) in [5, 5.41) is 0.819. The minimum absolute atomic E-state index is 0.0462. The number of aromatic nitrogens is 1. The standard InChI is InChI=1S/C37H29N3O4/c1-24(41)40-34-14-8-7-13-30(34)36(42)35(40)23-27-22-31(29-12-6-5-11-28(29)25-9-3-2-4-10-25)32-21-26(15-16-33(32)38-27)37(43)39-17-19-44-20-18-39/h2-16,21-23H,17-20H2,1H3/b35-23+. The first kappa shape index (κ1) is 27.4. The molecule has 7 nitrogen and oxygen atoms in total. The Kier molecular flexibility index (Phi) is 7.08. The summed E-state index contributed by atoms with van der Waals surface area (Å²) in [6, 6.07) is 32.9. The monoisotopic (exact) mass is 579 g/mol. The van der Waals surface area contributed by atoms with Crippen LogP contribution in [0.2, 0.25) is 0 Å². The van der Waals surface area contributed by atoms with Gasteiger partial charge in [-0.25, -0.2) is 4.98 Å². The summed E-state index contributed by atoms with van der Waals surface area (Å²) < 4.78 is 5.45. The maximum absolute atomic E-state index is 13.5. The van der Waals surface area contributed by atoms with E-state index in [1.807, 2.05) is 59.5 Å². The molecule has 7 rings (SSSR count). The van der Waals surface area contributed by atoms with Crippen LogP contribution < -0.4 is 4.90 Å². The highest BCUT2D eigenvalue weighted by atomic mass is 16.5. The number of benzene rings is 4. The number of amides is 2. The maximum Gasteiger partial charge on any atom is 0.254 e. The summed E-state index contributed by atoms with van der Waals surface area (Å²) in [7, 11) is 0. The topological polar surface area (TPSA) is 79.8 Å². The molecule has 0 bridgehead atoms. The zero-order chi connectivity index (χ0) is 30.2. The summed E-state index contributed by atoms with van der Waals surface area (Å²) in [6.45, 7) is 3.59. The van der Waals surface area contributed by atoms with Gasteiger partial charge in [0.15, 0.2) is 0 Å². The molecule has 2 aliphatic heterocycles. The van der Waals surface area contributed by atoms with E-state index in [0.29, 0.717) is 54.3 Å². The quantitative estimate of drug-likeness (QED) is 0.223. The van der Waals surface area contributed by atoms with Gasteiger partial charge < -0.3 is 9.64 Å². The molecule has 7 heteroatoms. The Labute approximate surface area is 255 Å². The normalized spacial score (nSPS) is 15.6. The molecule has 4 aromatic carbocycles. The van der Waals surface area contributed by atoms with Gasteiger partial charge in [0.25, 0.3) is 5.91 Å². The van der Waals surface area contributed by atoms with E-state index in [1.165, 1.54) is 11.8 Å². The zero-order valence-corrected chi connectivity index (χ0v) is 24.2. The second kappa shape index (κ2) is 11.4. The van der Waals surface area contributed by atoms with E-state index in [-0.39, 0.29) is 23.3 Å². The average molecular weight is 580 g/mol. The lowest BCUT2D eigenvalue weighted by Crippen LogP contribution is -2.40. The van der Waals surface area contributed by atoms with Crippen molar-refractivity contribution in [3.8, 4) is 22.3 Å². The van der Waals surface area contributed by atoms with Crippen LogP contribution in [0.4, 0.5) is 5.69 Å². The van der Waals surface area contributed by atoms with Crippen molar-refractivity contribution in [1.29, 1.82) is 0 Å². The fourth-order valence-corrected chi connectivity index (χ4v) is 6.05. The van der Waals surface area contributed by atoms with Crippen molar-refractivity contribution in [1.82, 2.24) is 9.88 Å². The van der Waals surface area contributed by atoms with E-state index in [2.05, 4.69) is 24.3 Å². The predicted molar refractivity (Wildman–Crippen MR) is 171 cm³/mol. The van der Waals surface area contributed by atoms with Gasteiger partial charge in [-0.1, -0.05) is 66.7 Å². The Hall–Kier alpha value is -5.40. The number of hydrogen-bond acceptors (Lipinski definition) is 5. The van der Waals surface area contributed by atoms with Gasteiger partial charge in [-0.3, -0.25) is 19.3 Å². The molecule has 0 aliphatic carbocycles. The number of para-hydroxylation sites is 1. The number of carbonyl (C=O) groups excluding carboxylic acids is 3. The number of fused-ring (bicyclic) bond motifs is 2. The number of ketones is 1. The van der Waals surface area contributed by atoms with Crippen molar-refractivity contribution in [3.05, 3.63) is 126 Å². The van der Waals surface area contributed by atoms with Gasteiger partial charge in [0.2, 0.25) is 11.7 Å². The fourth-order valence-electron chi connectivity index (χ4n) is 6.05. The zero-order valence-electron chi connectivity index (χ0n) is 24.2. The molecule has 0 radical (unpaired) electrons. The first-order chi connectivity index (χ1) is 21.5. The molecule has 2 amide bonds. The number of rotatable bonds is 4. The van der Waals surface area contributed by atoms with E-state index in [9.17, 15) is 14.4 Å². The highest BCUT2D eigenvalue weighted by molar-refractivity contribution is 6.26. The van der Waals surface area contributed by atoms with Crippen molar-refractivity contribution >= 4 is 40.3 Å². The van der Waals surface area contributed by atoms with E-state index < -0.39 is 0 Å². The Morgan fingerprint density at radius 3 is 2.20 bits per heavy atom. The molecule has 2 aliphatic rings. The lowest BCUT2D eigenvalue weighted by molar-refractivity contribution is -0.116. The number of ether oxygens (including phenoxy) is 1. The number of Topliss-reactive ketones (excluding diaryl/α,β-unsaturated/α-hetero) is 1. The third-order valence-corrected chi connectivity index (χ3v) is 8.14. The van der Waals surface area contributed by atoms with Gasteiger partial charge in [-0.05, 0) is 64.7 Å². The molecule has 216 valence electrons. The SMILES string of the molecule is CC(=O)N1/C(=C/c2cc(-c3ccccc3-c3ccccc3)c3cc(C(=O)N4CCOCC4)ccc3n2)C(=O)c2ccccc21. The third kappa shape index (κ3) is 4.87. The molecule has 1 saturated heterocycles. The van der Waals surface area contributed by atoms with Crippen molar-refractivity contribution in [2.75, 3.05) is 31.2 Å². The number of nitrogens with zero attached hydrogens (tertiary/aromatic N) is 3. The Bertz CT molecular complexity index is 1980. The maximum atomic E-state index is 13.5. The molecule has 3 heterocycles. The summed E-state index contributed by atoms with van der Waals surface area (Å²) >= 11 is 0. The summed E-state index contributed by atoms with van der Waals surface area (Å²) in [5.74, 6) is -0.526. The van der Waals surface area contributed by atoms with Crippen molar-refractivity contribution in [2.24, 2.45) is 0 Å². The van der Waals surface area contributed by atoms with Crippen LogP contribution in [0.5, 0.6) is 0 Å². The van der Waals surface area contributed by atoms with E-state index >= 15 is 0 Å². The first-order valence-electron chi connectivity index (χ1n) is 14.6. The van der Waals surface area contributed by atoms with Crippen LogP contribution in [0.3, 0.4) is 0 Å². The van der Waals surface area contributed by atoms with Crippen molar-refractivity contribution in [3.63, 3.8) is 0 Å². The van der Waals surface area contributed by atoms with Crippen LogP contribution in [0.1, 0.15) is 33.3 Å². The van der Waals surface area contributed by atoms with Gasteiger partial charge in [0, 0.05) is 36.5 Å². The van der Waals surface area contributed by atoms with Crippen LogP contribution in [-0.2, 0) is 9.53 Å². The first-order valence-corrected chi connectivity index (χ1v) is 14.6. The molecular weight excluding hydrogens is 550 g/mol. The molecule has 0 saturated carbocycles. The highest BCUT2D eigenvalue weighted by Crippen LogP contribution is 2.39. The molecule has 0 unspecified atom stereocenters. The number of carbonyl (C=O) groups is 3.